The third-order valence-electron chi connectivity index (χ3n) is 11.8. The predicted molar refractivity (Wildman–Crippen MR) is 237 cm³/mol. The van der Waals surface area contributed by atoms with Crippen molar-refractivity contribution in [3.8, 4) is 78.7 Å². The molecule has 0 bridgehead atoms. The zero-order valence-corrected chi connectivity index (χ0v) is 32.1. The van der Waals surface area contributed by atoms with Gasteiger partial charge in [0.25, 0.3) is 0 Å². The van der Waals surface area contributed by atoms with E-state index in [1.54, 1.807) is 0 Å². The van der Waals surface area contributed by atoms with E-state index in [2.05, 4.69) is 129 Å². The van der Waals surface area contributed by atoms with Gasteiger partial charge in [0.2, 0.25) is 0 Å². The van der Waals surface area contributed by atoms with Crippen LogP contribution in [-0.4, -0.2) is 15.0 Å². The van der Waals surface area contributed by atoms with Crippen molar-refractivity contribution >= 4 is 21.9 Å². The van der Waals surface area contributed by atoms with Crippen LogP contribution in [0.25, 0.3) is 101 Å². The second-order valence-electron chi connectivity index (χ2n) is 15.6. The summed E-state index contributed by atoms with van der Waals surface area (Å²) in [6.45, 7) is 4.69. The predicted octanol–water partition coefficient (Wildman–Crippen LogP) is 14.1. The Morgan fingerprint density at radius 1 is 0.328 bits per heavy atom. The van der Waals surface area contributed by atoms with Crippen LogP contribution in [0.2, 0.25) is 0 Å². The summed E-state index contributed by atoms with van der Waals surface area (Å²) in [7, 11) is 0. The molecule has 0 fully saturated rings. The van der Waals surface area contributed by atoms with E-state index in [1.807, 2.05) is 72.8 Å². The molecule has 1 aliphatic carbocycles. The first-order valence-corrected chi connectivity index (χ1v) is 19.8. The first-order valence-electron chi connectivity index (χ1n) is 19.8. The Labute approximate surface area is 337 Å². The van der Waals surface area contributed by atoms with Gasteiger partial charge >= 0.3 is 0 Å². The van der Waals surface area contributed by atoms with Crippen molar-refractivity contribution in [2.75, 3.05) is 0 Å². The second kappa shape index (κ2) is 13.4. The fraction of sp³-hybridized carbons (Fsp3) is 0.0556. The monoisotopic (exact) mass is 743 g/mol. The minimum atomic E-state index is -0.125. The van der Waals surface area contributed by atoms with Gasteiger partial charge in [-0.15, -0.1) is 0 Å². The summed E-state index contributed by atoms with van der Waals surface area (Å²) in [6.07, 6.45) is 0. The molecule has 0 aliphatic heterocycles. The van der Waals surface area contributed by atoms with Crippen LogP contribution in [0.4, 0.5) is 0 Å². The zero-order chi connectivity index (χ0) is 38.8. The SMILES string of the molecule is CC1(C)c2ccccc2-c2cc(-c3ccc4oc5ccccc5c4c3)c(-c3ccc(-c4cccc(-c5nc(-c6ccccc6)nc(-c6ccccc6)n5)c4)cc3)cc21. The molecule has 0 amide bonds. The average molecular weight is 744 g/mol. The van der Waals surface area contributed by atoms with Crippen LogP contribution in [0, 0.1) is 0 Å². The molecule has 2 heterocycles. The van der Waals surface area contributed by atoms with E-state index in [0.717, 1.165) is 55.3 Å². The lowest BCUT2D eigenvalue weighted by Gasteiger charge is -2.23. The average Bonchev–Trinajstić information content (AvgIpc) is 3.77. The molecule has 0 unspecified atom stereocenters. The van der Waals surface area contributed by atoms with Gasteiger partial charge in [0.15, 0.2) is 17.5 Å². The number of benzene rings is 8. The molecule has 0 saturated carbocycles. The van der Waals surface area contributed by atoms with Gasteiger partial charge in [0.1, 0.15) is 11.2 Å². The lowest BCUT2D eigenvalue weighted by molar-refractivity contribution is 0.660. The van der Waals surface area contributed by atoms with Crippen LogP contribution in [0.5, 0.6) is 0 Å². The highest BCUT2D eigenvalue weighted by atomic mass is 16.3. The Morgan fingerprint density at radius 2 is 0.879 bits per heavy atom. The molecular formula is C54H37N3O. The molecule has 0 spiro atoms. The molecule has 11 rings (SSSR count). The highest BCUT2D eigenvalue weighted by Gasteiger charge is 2.36. The van der Waals surface area contributed by atoms with E-state index in [9.17, 15) is 0 Å². The zero-order valence-electron chi connectivity index (χ0n) is 32.1. The molecule has 1 aliphatic rings. The Bertz CT molecular complexity index is 3120. The molecule has 10 aromatic rings. The van der Waals surface area contributed by atoms with Crippen molar-refractivity contribution in [3.63, 3.8) is 0 Å². The molecule has 0 atom stereocenters. The third-order valence-corrected chi connectivity index (χ3v) is 11.8. The maximum absolute atomic E-state index is 6.24. The summed E-state index contributed by atoms with van der Waals surface area (Å²) >= 11 is 0. The number of hydrogen-bond acceptors (Lipinski definition) is 4. The van der Waals surface area contributed by atoms with Gasteiger partial charge in [-0.25, -0.2) is 15.0 Å². The van der Waals surface area contributed by atoms with E-state index < -0.39 is 0 Å². The highest BCUT2D eigenvalue weighted by molar-refractivity contribution is 6.07. The second-order valence-corrected chi connectivity index (χ2v) is 15.6. The lowest BCUT2D eigenvalue weighted by atomic mass is 9.80. The van der Waals surface area contributed by atoms with Crippen LogP contribution in [0.3, 0.4) is 0 Å². The van der Waals surface area contributed by atoms with Crippen LogP contribution >= 0.6 is 0 Å². The smallest absolute Gasteiger partial charge is 0.164 e. The van der Waals surface area contributed by atoms with Crippen molar-refractivity contribution < 1.29 is 4.42 Å². The van der Waals surface area contributed by atoms with Crippen molar-refractivity contribution in [1.29, 1.82) is 0 Å². The molecule has 2 aromatic heterocycles. The Hall–Kier alpha value is -7.43. The molecule has 0 radical (unpaired) electrons. The van der Waals surface area contributed by atoms with Crippen LogP contribution in [0.15, 0.2) is 192 Å². The Kier molecular flexibility index (Phi) is 7.80. The van der Waals surface area contributed by atoms with Crippen molar-refractivity contribution in [3.05, 3.63) is 199 Å². The molecule has 0 N–H and O–H groups in total. The third kappa shape index (κ3) is 5.64. The number of furan rings is 1. The first-order chi connectivity index (χ1) is 28.5. The summed E-state index contributed by atoms with van der Waals surface area (Å²) in [5, 5.41) is 2.25. The van der Waals surface area contributed by atoms with Crippen molar-refractivity contribution in [2.24, 2.45) is 0 Å². The fourth-order valence-corrected chi connectivity index (χ4v) is 8.74. The Balaban J connectivity index is 1.02. The van der Waals surface area contributed by atoms with E-state index >= 15 is 0 Å². The largest absolute Gasteiger partial charge is 0.456 e. The first kappa shape index (κ1) is 33.9. The maximum Gasteiger partial charge on any atom is 0.164 e. The van der Waals surface area contributed by atoms with Gasteiger partial charge in [-0.3, -0.25) is 0 Å². The van der Waals surface area contributed by atoms with Gasteiger partial charge in [-0.2, -0.15) is 0 Å². The van der Waals surface area contributed by atoms with Crippen LogP contribution < -0.4 is 0 Å². The molecule has 4 nitrogen and oxygen atoms in total. The summed E-state index contributed by atoms with van der Waals surface area (Å²) in [5.74, 6) is 1.94. The summed E-state index contributed by atoms with van der Waals surface area (Å²) in [6, 6.07) is 66.3. The number of hydrogen-bond donors (Lipinski definition) is 0. The summed E-state index contributed by atoms with van der Waals surface area (Å²) in [5.41, 5.74) is 16.8. The van der Waals surface area contributed by atoms with Gasteiger partial charge in [-0.05, 0) is 92.0 Å². The minimum Gasteiger partial charge on any atom is -0.456 e. The maximum atomic E-state index is 6.24. The van der Waals surface area contributed by atoms with Gasteiger partial charge in [-0.1, -0.05) is 166 Å². The minimum absolute atomic E-state index is 0.125. The number of aromatic nitrogens is 3. The number of fused-ring (bicyclic) bond motifs is 6. The standard InChI is InChI=1S/C54H37N3O/c1-54(2)47-22-11-9-20-41(47)45-32-43(39-28-29-50-46(31-39)42-21-10-12-23-49(42)58-50)44(33-48(45)54)35-26-24-34(25-27-35)38-18-13-19-40(30-38)53-56-51(36-14-5-3-6-15-36)55-52(57-53)37-16-7-4-8-17-37/h3-33H,1-2H3. The van der Waals surface area contributed by atoms with E-state index in [1.165, 1.54) is 38.9 Å². The van der Waals surface area contributed by atoms with Crippen molar-refractivity contribution in [2.45, 2.75) is 19.3 Å². The van der Waals surface area contributed by atoms with Crippen LogP contribution in [-0.2, 0) is 5.41 Å². The Morgan fingerprint density at radius 3 is 1.62 bits per heavy atom. The number of nitrogens with zero attached hydrogens (tertiary/aromatic N) is 3. The van der Waals surface area contributed by atoms with Gasteiger partial charge in [0, 0.05) is 32.9 Å². The van der Waals surface area contributed by atoms with E-state index in [4.69, 9.17) is 19.4 Å². The highest BCUT2D eigenvalue weighted by Crippen LogP contribution is 2.52. The van der Waals surface area contributed by atoms with Gasteiger partial charge < -0.3 is 4.42 Å². The topological polar surface area (TPSA) is 51.8 Å². The molecule has 58 heavy (non-hydrogen) atoms. The van der Waals surface area contributed by atoms with Crippen molar-refractivity contribution in [1.82, 2.24) is 15.0 Å². The molecule has 274 valence electrons. The molecule has 8 aromatic carbocycles. The summed E-state index contributed by atoms with van der Waals surface area (Å²) in [4.78, 5) is 14.9. The lowest BCUT2D eigenvalue weighted by Crippen LogP contribution is -2.15. The molecular weight excluding hydrogens is 707 g/mol. The van der Waals surface area contributed by atoms with Gasteiger partial charge in [0.05, 0.1) is 0 Å². The number of rotatable bonds is 6. The molecule has 4 heteroatoms. The van der Waals surface area contributed by atoms with E-state index in [0.29, 0.717) is 17.5 Å². The quantitative estimate of drug-likeness (QED) is 0.170. The normalized spacial score (nSPS) is 12.8. The number of para-hydroxylation sites is 1. The van der Waals surface area contributed by atoms with E-state index in [-0.39, 0.29) is 5.41 Å². The van der Waals surface area contributed by atoms with Crippen LogP contribution in [0.1, 0.15) is 25.0 Å². The summed E-state index contributed by atoms with van der Waals surface area (Å²) < 4.78 is 6.24. The fourth-order valence-electron chi connectivity index (χ4n) is 8.74. The molecule has 0 saturated heterocycles.